The Hall–Kier alpha value is -2.61. The fraction of sp³-hybridized carbons (Fsp3) is 0.235. The van der Waals surface area contributed by atoms with E-state index in [0.29, 0.717) is 11.3 Å². The van der Waals surface area contributed by atoms with Crippen LogP contribution < -0.4 is 14.4 Å². The third-order valence-electron chi connectivity index (χ3n) is 3.99. The first-order chi connectivity index (χ1) is 11.8. The summed E-state index contributed by atoms with van der Waals surface area (Å²) in [7, 11) is -2.62. The maximum absolute atomic E-state index is 13.6. The van der Waals surface area contributed by atoms with E-state index < -0.39 is 27.9 Å². The van der Waals surface area contributed by atoms with Crippen LogP contribution in [-0.2, 0) is 14.8 Å². The molecule has 0 saturated heterocycles. The Morgan fingerprint density at radius 1 is 1.28 bits per heavy atom. The van der Waals surface area contributed by atoms with Gasteiger partial charge in [-0.25, -0.2) is 12.8 Å². The van der Waals surface area contributed by atoms with Gasteiger partial charge in [0.25, 0.3) is 15.9 Å². The molecule has 1 N–H and O–H groups in total. The maximum Gasteiger partial charge on any atom is 0.264 e. The Labute approximate surface area is 145 Å². The maximum atomic E-state index is 13.6. The summed E-state index contributed by atoms with van der Waals surface area (Å²) in [5.41, 5.74) is 0.730. The van der Waals surface area contributed by atoms with Crippen molar-refractivity contribution in [1.29, 1.82) is 0 Å². The zero-order valence-electron chi connectivity index (χ0n) is 13.7. The van der Waals surface area contributed by atoms with Gasteiger partial charge in [-0.1, -0.05) is 18.2 Å². The van der Waals surface area contributed by atoms with Gasteiger partial charge in [0.05, 0.1) is 17.1 Å². The second-order valence-electron chi connectivity index (χ2n) is 5.63. The fourth-order valence-corrected chi connectivity index (χ4v) is 4.41. The van der Waals surface area contributed by atoms with E-state index in [9.17, 15) is 17.6 Å². The van der Waals surface area contributed by atoms with Gasteiger partial charge in [-0.3, -0.25) is 9.10 Å². The lowest BCUT2D eigenvalue weighted by molar-refractivity contribution is -0.127. The van der Waals surface area contributed by atoms with Crippen LogP contribution in [0.1, 0.15) is 5.56 Å². The number of sulfonamides is 1. The molecular weight excluding hydrogens is 347 g/mol. The van der Waals surface area contributed by atoms with Gasteiger partial charge in [0.15, 0.2) is 6.10 Å². The third kappa shape index (κ3) is 3.05. The highest BCUT2D eigenvalue weighted by Gasteiger charge is 2.37. The zero-order valence-corrected chi connectivity index (χ0v) is 14.5. The lowest BCUT2D eigenvalue weighted by Crippen LogP contribution is -2.50. The van der Waals surface area contributed by atoms with E-state index in [0.717, 1.165) is 10.4 Å². The van der Waals surface area contributed by atoms with Gasteiger partial charge >= 0.3 is 0 Å². The van der Waals surface area contributed by atoms with Gasteiger partial charge < -0.3 is 10.1 Å². The van der Waals surface area contributed by atoms with Crippen molar-refractivity contribution in [2.24, 2.45) is 0 Å². The molecule has 1 heterocycles. The Bertz CT molecular complexity index is 930. The molecule has 1 atom stereocenters. The van der Waals surface area contributed by atoms with Gasteiger partial charge in [-0.05, 0) is 36.8 Å². The van der Waals surface area contributed by atoms with Crippen LogP contribution in [0.3, 0.4) is 0 Å². The van der Waals surface area contributed by atoms with Crippen LogP contribution >= 0.6 is 0 Å². The fourth-order valence-electron chi connectivity index (χ4n) is 2.70. The minimum atomic E-state index is -4.07. The number of aryl methyl sites for hydroxylation is 1. The SMILES string of the molecule is CNC(=O)C1CN(S(=O)(=O)c2cc(F)ccc2C)c2ccccc2O1. The number of carbonyl (C=O) groups is 1. The van der Waals surface area contributed by atoms with Crippen molar-refractivity contribution < 1.29 is 22.3 Å². The Morgan fingerprint density at radius 3 is 2.72 bits per heavy atom. The number of hydrogen-bond acceptors (Lipinski definition) is 4. The molecule has 25 heavy (non-hydrogen) atoms. The molecule has 2 aromatic rings. The molecule has 6 nitrogen and oxygen atoms in total. The number of para-hydroxylation sites is 2. The van der Waals surface area contributed by atoms with Crippen molar-refractivity contribution in [3.63, 3.8) is 0 Å². The van der Waals surface area contributed by atoms with Crippen LogP contribution in [0, 0.1) is 12.7 Å². The summed E-state index contributed by atoms with van der Waals surface area (Å²) in [6, 6.07) is 10.1. The van der Waals surface area contributed by atoms with Crippen LogP contribution in [0.25, 0.3) is 0 Å². The van der Waals surface area contributed by atoms with E-state index in [1.165, 1.54) is 19.2 Å². The molecule has 0 aromatic heterocycles. The lowest BCUT2D eigenvalue weighted by atomic mass is 10.2. The molecule has 1 amide bonds. The number of likely N-dealkylation sites (N-methyl/N-ethyl adjacent to an activating group) is 1. The number of rotatable bonds is 3. The zero-order chi connectivity index (χ0) is 18.2. The number of fused-ring (bicyclic) bond motifs is 1. The second kappa shape index (κ2) is 6.36. The number of ether oxygens (including phenoxy) is 1. The minimum Gasteiger partial charge on any atom is -0.476 e. The number of benzene rings is 2. The molecule has 0 bridgehead atoms. The molecule has 8 heteroatoms. The number of amides is 1. The largest absolute Gasteiger partial charge is 0.476 e. The highest BCUT2D eigenvalue weighted by molar-refractivity contribution is 7.92. The Kier molecular flexibility index (Phi) is 4.38. The first-order valence-electron chi connectivity index (χ1n) is 7.61. The Balaban J connectivity index is 2.13. The Morgan fingerprint density at radius 2 is 2.00 bits per heavy atom. The lowest BCUT2D eigenvalue weighted by Gasteiger charge is -2.34. The van der Waals surface area contributed by atoms with Crippen molar-refractivity contribution in [2.45, 2.75) is 17.9 Å². The van der Waals surface area contributed by atoms with E-state index in [2.05, 4.69) is 5.32 Å². The highest BCUT2D eigenvalue weighted by atomic mass is 32.2. The standard InChI is InChI=1S/C17H17FN2O4S/c1-11-7-8-12(18)9-16(11)25(22,23)20-10-15(17(21)19-2)24-14-6-4-3-5-13(14)20/h3-9,15H,10H2,1-2H3,(H,19,21). The van der Waals surface area contributed by atoms with Gasteiger partial charge in [-0.15, -0.1) is 0 Å². The molecule has 1 unspecified atom stereocenters. The van der Waals surface area contributed by atoms with Gasteiger partial charge in [0.1, 0.15) is 11.6 Å². The van der Waals surface area contributed by atoms with Crippen LogP contribution in [0.4, 0.5) is 10.1 Å². The van der Waals surface area contributed by atoms with Crippen LogP contribution in [0.15, 0.2) is 47.4 Å². The van der Waals surface area contributed by atoms with Crippen molar-refractivity contribution in [3.05, 3.63) is 53.8 Å². The molecule has 0 fully saturated rings. The molecule has 0 radical (unpaired) electrons. The van der Waals surface area contributed by atoms with Crippen molar-refractivity contribution >= 4 is 21.6 Å². The highest BCUT2D eigenvalue weighted by Crippen LogP contribution is 2.37. The van der Waals surface area contributed by atoms with Crippen molar-refractivity contribution in [1.82, 2.24) is 5.32 Å². The third-order valence-corrected chi connectivity index (χ3v) is 5.91. The number of nitrogens with one attached hydrogen (secondary N) is 1. The topological polar surface area (TPSA) is 75.7 Å². The van der Waals surface area contributed by atoms with E-state index in [-0.39, 0.29) is 17.2 Å². The van der Waals surface area contributed by atoms with Gasteiger partial charge in [-0.2, -0.15) is 0 Å². The van der Waals surface area contributed by atoms with Crippen LogP contribution in [-0.4, -0.2) is 34.0 Å². The normalized spacial score (nSPS) is 16.8. The van der Waals surface area contributed by atoms with E-state index >= 15 is 0 Å². The van der Waals surface area contributed by atoms with Crippen molar-refractivity contribution in [2.75, 3.05) is 17.9 Å². The molecule has 1 aliphatic heterocycles. The molecule has 2 aromatic carbocycles. The average molecular weight is 364 g/mol. The second-order valence-corrected chi connectivity index (χ2v) is 7.47. The van der Waals surface area contributed by atoms with Gasteiger partial charge in [0.2, 0.25) is 0 Å². The summed E-state index contributed by atoms with van der Waals surface area (Å²) in [6.45, 7) is 1.39. The summed E-state index contributed by atoms with van der Waals surface area (Å²) in [4.78, 5) is 11.9. The van der Waals surface area contributed by atoms with E-state index in [1.54, 1.807) is 31.2 Å². The number of halogens is 1. The predicted octanol–water partition coefficient (Wildman–Crippen LogP) is 1.84. The summed E-state index contributed by atoms with van der Waals surface area (Å²) in [6.07, 6.45) is -0.997. The first kappa shape index (κ1) is 17.2. The number of anilines is 1. The molecule has 0 spiro atoms. The summed E-state index contributed by atoms with van der Waals surface area (Å²) in [5.74, 6) is -0.806. The molecular formula is C17H17FN2O4S. The predicted molar refractivity (Wildman–Crippen MR) is 90.6 cm³/mol. The van der Waals surface area contributed by atoms with Crippen LogP contribution in [0.2, 0.25) is 0 Å². The molecule has 0 aliphatic carbocycles. The van der Waals surface area contributed by atoms with Gasteiger partial charge in [0, 0.05) is 7.05 Å². The first-order valence-corrected chi connectivity index (χ1v) is 9.05. The van der Waals surface area contributed by atoms with Crippen molar-refractivity contribution in [3.8, 4) is 5.75 Å². The number of nitrogens with zero attached hydrogens (tertiary/aromatic N) is 1. The smallest absolute Gasteiger partial charge is 0.264 e. The molecule has 0 saturated carbocycles. The quantitative estimate of drug-likeness (QED) is 0.902. The van der Waals surface area contributed by atoms with E-state index in [1.807, 2.05) is 0 Å². The molecule has 1 aliphatic rings. The van der Waals surface area contributed by atoms with Crippen LogP contribution in [0.5, 0.6) is 5.75 Å². The van der Waals surface area contributed by atoms with E-state index in [4.69, 9.17) is 4.74 Å². The molecule has 3 rings (SSSR count). The molecule has 132 valence electrons. The monoisotopic (exact) mass is 364 g/mol. The summed E-state index contributed by atoms with van der Waals surface area (Å²) < 4.78 is 46.6. The summed E-state index contributed by atoms with van der Waals surface area (Å²) >= 11 is 0. The minimum absolute atomic E-state index is 0.139. The average Bonchev–Trinajstić information content (AvgIpc) is 2.61. The number of carbonyl (C=O) groups excluding carboxylic acids is 1. The summed E-state index contributed by atoms with van der Waals surface area (Å²) in [5, 5.41) is 2.45. The number of hydrogen-bond donors (Lipinski definition) is 1.